The van der Waals surface area contributed by atoms with Crippen molar-refractivity contribution in [1.82, 2.24) is 4.90 Å². The Balaban J connectivity index is 2.15. The molecule has 2 rings (SSSR count). The van der Waals surface area contributed by atoms with Crippen molar-refractivity contribution < 1.29 is 19.8 Å². The van der Waals surface area contributed by atoms with Gasteiger partial charge in [0.2, 0.25) is 0 Å². The highest BCUT2D eigenvalue weighted by Crippen LogP contribution is 2.21. The maximum absolute atomic E-state index is 12.2. The number of aliphatic carboxylic acids is 1. The molecule has 1 aromatic rings. The van der Waals surface area contributed by atoms with Crippen LogP contribution in [-0.4, -0.2) is 45.8 Å². The highest BCUT2D eigenvalue weighted by atomic mass is 16.4. The first-order valence-corrected chi connectivity index (χ1v) is 6.44. The van der Waals surface area contributed by atoms with Gasteiger partial charge in [0.15, 0.2) is 0 Å². The van der Waals surface area contributed by atoms with E-state index in [0.29, 0.717) is 5.69 Å². The number of nitrogens with one attached hydrogen (secondary N) is 1. The van der Waals surface area contributed by atoms with Crippen molar-refractivity contribution in [3.63, 3.8) is 0 Å². The van der Waals surface area contributed by atoms with Crippen molar-refractivity contribution in [2.75, 3.05) is 11.9 Å². The molecule has 1 fully saturated rings. The number of hydrogen-bond donors (Lipinski definition) is 3. The molecule has 3 N–H and O–H groups in total. The molecule has 2 amide bonds. The molecule has 1 heterocycles. The average molecular weight is 278 g/mol. The number of amides is 2. The van der Waals surface area contributed by atoms with Crippen molar-refractivity contribution in [3.8, 4) is 0 Å². The van der Waals surface area contributed by atoms with Gasteiger partial charge in [0.05, 0.1) is 6.10 Å². The lowest BCUT2D eigenvalue weighted by atomic mass is 10.1. The molecule has 6 heteroatoms. The molecule has 0 unspecified atom stereocenters. The van der Waals surface area contributed by atoms with Gasteiger partial charge in [-0.1, -0.05) is 12.1 Å². The molecule has 0 aromatic heterocycles. The standard InChI is InChI=1S/C14H18N2O4/c1-8-3-4-9(2)11(5-8)15-14(20)16-7-10(17)6-12(16)13(18)19/h3-5,10,12,17H,6-7H2,1-2H3,(H,15,20)(H,18,19)/t10-,12-/m0/s1. The number of likely N-dealkylation sites (tertiary alicyclic amines) is 1. The molecule has 1 aliphatic rings. The summed E-state index contributed by atoms with van der Waals surface area (Å²) in [6, 6.07) is 4.18. The molecule has 0 aliphatic carbocycles. The Kier molecular flexibility index (Phi) is 3.94. The lowest BCUT2D eigenvalue weighted by molar-refractivity contribution is -0.141. The number of nitrogens with zero attached hydrogens (tertiary/aromatic N) is 1. The number of aliphatic hydroxyl groups is 1. The van der Waals surface area contributed by atoms with Crippen LogP contribution < -0.4 is 5.32 Å². The van der Waals surface area contributed by atoms with E-state index in [4.69, 9.17) is 5.11 Å². The summed E-state index contributed by atoms with van der Waals surface area (Å²) in [5.41, 5.74) is 2.55. The van der Waals surface area contributed by atoms with Gasteiger partial charge < -0.3 is 20.4 Å². The average Bonchev–Trinajstić information content (AvgIpc) is 2.76. The van der Waals surface area contributed by atoms with Gasteiger partial charge in [0, 0.05) is 18.7 Å². The number of rotatable bonds is 2. The second kappa shape index (κ2) is 5.50. The van der Waals surface area contributed by atoms with E-state index in [1.54, 1.807) is 0 Å². The van der Waals surface area contributed by atoms with Gasteiger partial charge in [0.1, 0.15) is 6.04 Å². The van der Waals surface area contributed by atoms with Crippen LogP contribution in [0.25, 0.3) is 0 Å². The smallest absolute Gasteiger partial charge is 0.326 e. The third kappa shape index (κ3) is 2.91. The van der Waals surface area contributed by atoms with E-state index in [1.165, 1.54) is 0 Å². The number of aliphatic hydroxyl groups excluding tert-OH is 1. The number of aryl methyl sites for hydroxylation is 2. The van der Waals surface area contributed by atoms with Crippen LogP contribution in [-0.2, 0) is 4.79 Å². The highest BCUT2D eigenvalue weighted by molar-refractivity contribution is 5.93. The summed E-state index contributed by atoms with van der Waals surface area (Å²) in [5.74, 6) is -1.10. The zero-order chi connectivity index (χ0) is 14.9. The van der Waals surface area contributed by atoms with Crippen LogP contribution in [0.5, 0.6) is 0 Å². The summed E-state index contributed by atoms with van der Waals surface area (Å²) in [6.45, 7) is 3.81. The molecule has 0 radical (unpaired) electrons. The maximum Gasteiger partial charge on any atom is 0.326 e. The molecule has 6 nitrogen and oxygen atoms in total. The summed E-state index contributed by atoms with van der Waals surface area (Å²) < 4.78 is 0. The van der Waals surface area contributed by atoms with E-state index in [1.807, 2.05) is 32.0 Å². The Labute approximate surface area is 117 Å². The number of carbonyl (C=O) groups excluding carboxylic acids is 1. The number of hydrogen-bond acceptors (Lipinski definition) is 3. The second-order valence-electron chi connectivity index (χ2n) is 5.14. The molecular formula is C14H18N2O4. The summed E-state index contributed by atoms with van der Waals surface area (Å²) in [7, 11) is 0. The van der Waals surface area contributed by atoms with E-state index >= 15 is 0 Å². The lowest BCUT2D eigenvalue weighted by Crippen LogP contribution is -2.43. The van der Waals surface area contributed by atoms with Crippen molar-refractivity contribution in [3.05, 3.63) is 29.3 Å². The number of carbonyl (C=O) groups is 2. The van der Waals surface area contributed by atoms with Crippen LogP contribution in [0.1, 0.15) is 17.5 Å². The lowest BCUT2D eigenvalue weighted by Gasteiger charge is -2.22. The first-order valence-electron chi connectivity index (χ1n) is 6.44. The summed E-state index contributed by atoms with van der Waals surface area (Å²) in [5, 5.41) is 21.3. The minimum Gasteiger partial charge on any atom is -0.480 e. The minimum atomic E-state index is -1.10. The van der Waals surface area contributed by atoms with Crippen LogP contribution in [0.3, 0.4) is 0 Å². The number of anilines is 1. The first kappa shape index (κ1) is 14.3. The summed E-state index contributed by atoms with van der Waals surface area (Å²) in [4.78, 5) is 24.4. The van der Waals surface area contributed by atoms with Crippen molar-refractivity contribution in [2.24, 2.45) is 0 Å². The third-order valence-corrected chi connectivity index (χ3v) is 3.46. The van der Waals surface area contributed by atoms with Crippen LogP contribution in [0, 0.1) is 13.8 Å². The van der Waals surface area contributed by atoms with Gasteiger partial charge in [-0.05, 0) is 31.0 Å². The summed E-state index contributed by atoms with van der Waals surface area (Å²) >= 11 is 0. The van der Waals surface area contributed by atoms with E-state index in [2.05, 4.69) is 5.32 Å². The predicted molar refractivity (Wildman–Crippen MR) is 73.7 cm³/mol. The van der Waals surface area contributed by atoms with Crippen molar-refractivity contribution in [2.45, 2.75) is 32.4 Å². The van der Waals surface area contributed by atoms with Crippen molar-refractivity contribution >= 4 is 17.7 Å². The van der Waals surface area contributed by atoms with E-state index in [0.717, 1.165) is 16.0 Å². The molecule has 1 aromatic carbocycles. The number of benzene rings is 1. The SMILES string of the molecule is Cc1ccc(C)c(NC(=O)N2C[C@@H](O)C[C@H]2C(=O)O)c1. The Morgan fingerprint density at radius 2 is 2.05 bits per heavy atom. The topological polar surface area (TPSA) is 89.9 Å². The van der Waals surface area contributed by atoms with Crippen LogP contribution in [0.4, 0.5) is 10.5 Å². The van der Waals surface area contributed by atoms with Gasteiger partial charge in [-0.15, -0.1) is 0 Å². The van der Waals surface area contributed by atoms with E-state index in [9.17, 15) is 14.7 Å². The minimum absolute atomic E-state index is 0.0354. The number of urea groups is 1. The van der Waals surface area contributed by atoms with Gasteiger partial charge in [0.25, 0.3) is 0 Å². The third-order valence-electron chi connectivity index (χ3n) is 3.46. The Morgan fingerprint density at radius 1 is 1.35 bits per heavy atom. The summed E-state index contributed by atoms with van der Waals surface area (Å²) in [6.07, 6.45) is -0.726. The highest BCUT2D eigenvalue weighted by Gasteiger charge is 2.39. The molecule has 2 atom stereocenters. The fourth-order valence-corrected chi connectivity index (χ4v) is 2.33. The quantitative estimate of drug-likeness (QED) is 0.762. The van der Waals surface area contributed by atoms with Gasteiger partial charge in [-0.2, -0.15) is 0 Å². The molecular weight excluding hydrogens is 260 g/mol. The van der Waals surface area contributed by atoms with E-state index in [-0.39, 0.29) is 13.0 Å². The van der Waals surface area contributed by atoms with Crippen LogP contribution in [0.2, 0.25) is 0 Å². The molecule has 0 spiro atoms. The normalized spacial score (nSPS) is 21.9. The van der Waals surface area contributed by atoms with Gasteiger partial charge in [-0.25, -0.2) is 9.59 Å². The van der Waals surface area contributed by atoms with Crippen LogP contribution >= 0.6 is 0 Å². The molecule has 1 saturated heterocycles. The fraction of sp³-hybridized carbons (Fsp3) is 0.429. The Hall–Kier alpha value is -2.08. The first-order chi connectivity index (χ1) is 9.38. The maximum atomic E-state index is 12.2. The predicted octanol–water partition coefficient (Wildman–Crippen LogP) is 1.36. The van der Waals surface area contributed by atoms with Gasteiger partial charge in [-0.3, -0.25) is 0 Å². The number of β-amino-alcohol motifs (C(OH)–C–C–N with tert-alkyl or cyclic N) is 1. The Morgan fingerprint density at radius 3 is 2.70 bits per heavy atom. The molecule has 0 bridgehead atoms. The van der Waals surface area contributed by atoms with Crippen molar-refractivity contribution in [1.29, 1.82) is 0 Å². The zero-order valence-corrected chi connectivity index (χ0v) is 11.5. The van der Waals surface area contributed by atoms with Crippen LogP contribution in [0.15, 0.2) is 18.2 Å². The largest absolute Gasteiger partial charge is 0.480 e. The molecule has 20 heavy (non-hydrogen) atoms. The molecule has 108 valence electrons. The number of carboxylic acid groups (broad SMARTS) is 1. The monoisotopic (exact) mass is 278 g/mol. The molecule has 0 saturated carbocycles. The number of carboxylic acids is 1. The zero-order valence-electron chi connectivity index (χ0n) is 11.5. The van der Waals surface area contributed by atoms with E-state index < -0.39 is 24.1 Å². The Bertz CT molecular complexity index is 544. The fourth-order valence-electron chi connectivity index (χ4n) is 2.33. The van der Waals surface area contributed by atoms with Gasteiger partial charge >= 0.3 is 12.0 Å². The second-order valence-corrected chi connectivity index (χ2v) is 5.14. The molecule has 1 aliphatic heterocycles.